The van der Waals surface area contributed by atoms with Crippen LogP contribution in [-0.4, -0.2) is 46.0 Å². The number of thiazole rings is 1. The first-order valence-electron chi connectivity index (χ1n) is 5.65. The Bertz CT molecular complexity index is 469. The lowest BCUT2D eigenvalue weighted by atomic mass is 10.2. The number of rotatable bonds is 3. The number of aromatic nitrogens is 2. The summed E-state index contributed by atoms with van der Waals surface area (Å²) >= 11 is 7.61. The highest BCUT2D eigenvalue weighted by atomic mass is 35.5. The molecule has 0 amide bonds. The van der Waals surface area contributed by atoms with Crippen molar-refractivity contribution in [2.45, 2.75) is 12.6 Å². The van der Waals surface area contributed by atoms with Gasteiger partial charge in [-0.15, -0.1) is 22.9 Å². The van der Waals surface area contributed by atoms with Gasteiger partial charge in [0.25, 0.3) is 0 Å². The van der Waals surface area contributed by atoms with Gasteiger partial charge in [0.15, 0.2) is 4.96 Å². The van der Waals surface area contributed by atoms with Crippen LogP contribution in [0.2, 0.25) is 0 Å². The number of ether oxygens (including phenoxy) is 1. The van der Waals surface area contributed by atoms with Crippen LogP contribution in [0.5, 0.6) is 0 Å². The van der Waals surface area contributed by atoms with Gasteiger partial charge in [-0.1, -0.05) is 0 Å². The molecule has 0 aliphatic carbocycles. The lowest BCUT2D eigenvalue weighted by Gasteiger charge is -2.33. The van der Waals surface area contributed by atoms with E-state index in [0.29, 0.717) is 11.9 Å². The summed E-state index contributed by atoms with van der Waals surface area (Å²) in [6, 6.07) is 0.310. The second-order valence-corrected chi connectivity index (χ2v) is 5.36. The summed E-state index contributed by atoms with van der Waals surface area (Å²) in [6.07, 6.45) is 4.13. The van der Waals surface area contributed by atoms with Crippen LogP contribution in [0.4, 0.5) is 0 Å². The molecule has 2 aromatic rings. The quantitative estimate of drug-likeness (QED) is 0.798. The van der Waals surface area contributed by atoms with Gasteiger partial charge in [-0.25, -0.2) is 4.98 Å². The fourth-order valence-electron chi connectivity index (χ4n) is 2.10. The van der Waals surface area contributed by atoms with Crippen LogP contribution in [0.1, 0.15) is 5.69 Å². The summed E-state index contributed by atoms with van der Waals surface area (Å²) < 4.78 is 7.50. The Kier molecular flexibility index (Phi) is 3.33. The van der Waals surface area contributed by atoms with Crippen LogP contribution in [0.15, 0.2) is 17.8 Å². The van der Waals surface area contributed by atoms with Crippen LogP contribution in [0, 0.1) is 0 Å². The zero-order chi connectivity index (χ0) is 11.7. The summed E-state index contributed by atoms with van der Waals surface area (Å²) in [4.78, 5) is 7.99. The van der Waals surface area contributed by atoms with Crippen molar-refractivity contribution >= 4 is 27.9 Å². The lowest BCUT2D eigenvalue weighted by Crippen LogP contribution is -2.45. The Hall–Kier alpha value is -0.620. The Balaban J connectivity index is 1.74. The molecule has 92 valence electrons. The second kappa shape index (κ2) is 4.94. The molecule has 3 heterocycles. The zero-order valence-electron chi connectivity index (χ0n) is 9.38. The molecule has 1 aliphatic rings. The van der Waals surface area contributed by atoms with E-state index in [-0.39, 0.29) is 0 Å². The van der Waals surface area contributed by atoms with E-state index in [0.717, 1.165) is 37.0 Å². The summed E-state index contributed by atoms with van der Waals surface area (Å²) in [5.74, 6) is 0.613. The number of halogens is 1. The smallest absolute Gasteiger partial charge is 0.193 e. The predicted molar refractivity (Wildman–Crippen MR) is 68.8 cm³/mol. The second-order valence-electron chi connectivity index (χ2n) is 4.18. The maximum atomic E-state index is 5.95. The van der Waals surface area contributed by atoms with Crippen molar-refractivity contribution in [1.29, 1.82) is 0 Å². The largest absolute Gasteiger partial charge is 0.378 e. The van der Waals surface area contributed by atoms with Crippen LogP contribution in [-0.2, 0) is 11.3 Å². The first-order valence-corrected chi connectivity index (χ1v) is 7.07. The van der Waals surface area contributed by atoms with E-state index in [1.165, 1.54) is 0 Å². The van der Waals surface area contributed by atoms with Gasteiger partial charge in [0.2, 0.25) is 0 Å². The van der Waals surface area contributed by atoms with Gasteiger partial charge < -0.3 is 4.74 Å². The number of morpholine rings is 1. The lowest BCUT2D eigenvalue weighted by molar-refractivity contribution is -0.00351. The van der Waals surface area contributed by atoms with Crippen molar-refractivity contribution in [3.63, 3.8) is 0 Å². The van der Waals surface area contributed by atoms with E-state index in [1.54, 1.807) is 11.3 Å². The van der Waals surface area contributed by atoms with Crippen LogP contribution in [0.3, 0.4) is 0 Å². The van der Waals surface area contributed by atoms with Gasteiger partial charge in [0, 0.05) is 42.8 Å². The first kappa shape index (κ1) is 11.5. The topological polar surface area (TPSA) is 29.8 Å². The normalized spacial score (nSPS) is 22.3. The summed E-state index contributed by atoms with van der Waals surface area (Å²) in [5.41, 5.74) is 1.11. The molecular weight excluding hydrogens is 258 g/mol. The minimum atomic E-state index is 0.310. The van der Waals surface area contributed by atoms with E-state index < -0.39 is 0 Å². The van der Waals surface area contributed by atoms with Gasteiger partial charge in [0.1, 0.15) is 0 Å². The van der Waals surface area contributed by atoms with Crippen molar-refractivity contribution in [1.82, 2.24) is 14.3 Å². The van der Waals surface area contributed by atoms with Crippen molar-refractivity contribution in [3.8, 4) is 0 Å². The van der Waals surface area contributed by atoms with Gasteiger partial charge in [-0.05, 0) is 0 Å². The fourth-order valence-corrected chi connectivity index (χ4v) is 3.10. The van der Waals surface area contributed by atoms with Gasteiger partial charge >= 0.3 is 0 Å². The molecule has 0 spiro atoms. The van der Waals surface area contributed by atoms with E-state index in [2.05, 4.69) is 20.5 Å². The third-order valence-electron chi connectivity index (χ3n) is 3.04. The maximum absolute atomic E-state index is 5.95. The Morgan fingerprint density at radius 3 is 3.35 bits per heavy atom. The first-order chi connectivity index (χ1) is 8.36. The average molecular weight is 272 g/mol. The molecule has 17 heavy (non-hydrogen) atoms. The Morgan fingerprint density at radius 1 is 1.59 bits per heavy atom. The number of hydrogen-bond acceptors (Lipinski definition) is 4. The zero-order valence-corrected chi connectivity index (χ0v) is 11.0. The Morgan fingerprint density at radius 2 is 2.53 bits per heavy atom. The third kappa shape index (κ3) is 2.33. The monoisotopic (exact) mass is 271 g/mol. The molecule has 1 saturated heterocycles. The van der Waals surface area contributed by atoms with E-state index in [1.807, 2.05) is 11.6 Å². The number of nitrogens with zero attached hydrogens (tertiary/aromatic N) is 3. The highest BCUT2D eigenvalue weighted by Crippen LogP contribution is 2.16. The number of imidazole rings is 1. The molecule has 1 fully saturated rings. The number of fused-ring (bicyclic) bond motifs is 1. The summed E-state index contributed by atoms with van der Waals surface area (Å²) in [7, 11) is 0. The van der Waals surface area contributed by atoms with Crippen molar-refractivity contribution in [2.24, 2.45) is 0 Å². The van der Waals surface area contributed by atoms with Crippen LogP contribution < -0.4 is 0 Å². The SMILES string of the molecule is ClCC1COCCN1Cc1cn2ccsc2n1. The minimum Gasteiger partial charge on any atom is -0.378 e. The third-order valence-corrected chi connectivity index (χ3v) is 4.16. The van der Waals surface area contributed by atoms with Crippen LogP contribution in [0.25, 0.3) is 4.96 Å². The van der Waals surface area contributed by atoms with E-state index >= 15 is 0 Å². The number of hydrogen-bond donors (Lipinski definition) is 0. The van der Waals surface area contributed by atoms with Gasteiger partial charge in [-0.2, -0.15) is 0 Å². The van der Waals surface area contributed by atoms with Crippen molar-refractivity contribution in [3.05, 3.63) is 23.5 Å². The van der Waals surface area contributed by atoms with Crippen molar-refractivity contribution in [2.75, 3.05) is 25.6 Å². The molecule has 2 aromatic heterocycles. The van der Waals surface area contributed by atoms with E-state index in [9.17, 15) is 0 Å². The van der Waals surface area contributed by atoms with Crippen LogP contribution >= 0.6 is 22.9 Å². The predicted octanol–water partition coefficient (Wildman–Crippen LogP) is 1.84. The van der Waals surface area contributed by atoms with E-state index in [4.69, 9.17) is 16.3 Å². The molecule has 1 aliphatic heterocycles. The maximum Gasteiger partial charge on any atom is 0.193 e. The molecule has 0 aromatic carbocycles. The number of alkyl halides is 1. The molecule has 1 unspecified atom stereocenters. The molecule has 0 radical (unpaired) electrons. The molecule has 3 rings (SSSR count). The average Bonchev–Trinajstić information content (AvgIpc) is 2.90. The van der Waals surface area contributed by atoms with Gasteiger partial charge in [0.05, 0.1) is 18.9 Å². The highest BCUT2D eigenvalue weighted by molar-refractivity contribution is 7.15. The Labute approximate surface area is 109 Å². The fraction of sp³-hybridized carbons (Fsp3) is 0.545. The molecule has 0 bridgehead atoms. The molecule has 4 nitrogen and oxygen atoms in total. The molecule has 0 N–H and O–H groups in total. The summed E-state index contributed by atoms with van der Waals surface area (Å²) in [5, 5.41) is 2.04. The molecule has 1 atom stereocenters. The standard InChI is InChI=1S/C11H14ClN3OS/c12-5-10-8-16-3-1-14(10)6-9-7-15-2-4-17-11(15)13-9/h2,4,7,10H,1,3,5-6,8H2. The highest BCUT2D eigenvalue weighted by Gasteiger charge is 2.22. The molecule has 0 saturated carbocycles. The molecule has 6 heteroatoms. The molecular formula is C11H14ClN3OS. The summed E-state index contributed by atoms with van der Waals surface area (Å²) in [6.45, 7) is 3.30. The van der Waals surface area contributed by atoms with Gasteiger partial charge in [-0.3, -0.25) is 9.30 Å². The van der Waals surface area contributed by atoms with Crippen molar-refractivity contribution < 1.29 is 4.74 Å². The minimum absolute atomic E-state index is 0.310.